The number of rotatable bonds is 47. The molecule has 21 N–H and O–H groups in total. The van der Waals surface area contributed by atoms with Crippen LogP contribution in [0.3, 0.4) is 0 Å². The Bertz CT molecular complexity index is 3740. The van der Waals surface area contributed by atoms with Crippen LogP contribution in [0.2, 0.25) is 0 Å². The summed E-state index contributed by atoms with van der Waals surface area (Å²) in [5.41, 5.74) is -1.19. The van der Waals surface area contributed by atoms with Crippen molar-refractivity contribution in [2.75, 3.05) is 13.1 Å². The predicted molar refractivity (Wildman–Crippen MR) is 430 cm³/mol. The van der Waals surface area contributed by atoms with Gasteiger partial charge in [-0.25, -0.2) is 0 Å². The second kappa shape index (κ2) is 44.6. The summed E-state index contributed by atoms with van der Waals surface area (Å²) in [4.78, 5) is 281. The molecule has 11 atom stereocenters. The van der Waals surface area contributed by atoms with Crippen molar-refractivity contribution in [2.45, 2.75) is 330 Å². The van der Waals surface area contributed by atoms with E-state index in [1.807, 2.05) is 0 Å². The average Bonchev–Trinajstić information content (AvgIpc) is 1.76. The summed E-state index contributed by atoms with van der Waals surface area (Å²) in [5, 5.41) is 42.8. The molecular weight excluding hydrogens is 1540 g/mol. The van der Waals surface area contributed by atoms with Crippen molar-refractivity contribution in [1.82, 2.24) is 95.3 Å². The van der Waals surface area contributed by atoms with Gasteiger partial charge < -0.3 is 112 Å². The highest BCUT2D eigenvalue weighted by Gasteiger charge is 2.47. The van der Waals surface area contributed by atoms with Gasteiger partial charge in [-0.3, -0.25) is 95.9 Å². The Morgan fingerprint density at radius 1 is 0.398 bits per heavy atom. The Kier molecular flexibility index (Phi) is 39.7. The highest BCUT2D eigenvalue weighted by molar-refractivity contribution is 6.04. The topological polar surface area (TPSA) is 618 Å². The molecule has 0 bridgehead atoms. The lowest BCUT2D eigenvalue weighted by molar-refractivity contribution is -0.145. The smallest absolute Gasteiger partial charge is 0.248 e. The predicted octanol–water partition coefficient (Wildman–Crippen LogP) is -4.31. The van der Waals surface area contributed by atoms with Crippen LogP contribution in [0.1, 0.15) is 231 Å². The molecule has 1 fully saturated rings. The number of nitrogens with one attached hydrogen (secondary N) is 17. The molecule has 0 saturated carbocycles. The third kappa shape index (κ3) is 33.6. The molecule has 1 aliphatic rings. The van der Waals surface area contributed by atoms with Crippen LogP contribution in [0.15, 0.2) is 0 Å². The van der Waals surface area contributed by atoms with E-state index in [0.29, 0.717) is 12.7 Å². The van der Waals surface area contributed by atoms with Crippen molar-refractivity contribution in [3.63, 3.8) is 0 Å². The van der Waals surface area contributed by atoms with Crippen LogP contribution in [0, 0.1) is 17.8 Å². The molecule has 0 aromatic rings. The number of amides is 20. The molecule has 1 aliphatic heterocycles. The monoisotopic (exact) mass is 1670 g/mol. The maximum atomic E-state index is 14.3. The van der Waals surface area contributed by atoms with Crippen LogP contribution in [-0.2, 0) is 101 Å². The van der Waals surface area contributed by atoms with Crippen molar-refractivity contribution < 1.29 is 101 Å². The van der Waals surface area contributed by atoms with Gasteiger partial charge in [-0.15, -0.1) is 0 Å². The van der Waals surface area contributed by atoms with Crippen LogP contribution in [0.4, 0.5) is 0 Å². The second-order valence-corrected chi connectivity index (χ2v) is 34.6. The van der Waals surface area contributed by atoms with Gasteiger partial charge in [0, 0.05) is 26.3 Å². The van der Waals surface area contributed by atoms with Crippen LogP contribution in [0.5, 0.6) is 0 Å². The van der Waals surface area contributed by atoms with Crippen molar-refractivity contribution >= 4 is 124 Å². The van der Waals surface area contributed by atoms with Crippen LogP contribution < -0.4 is 102 Å². The van der Waals surface area contributed by atoms with E-state index in [9.17, 15) is 101 Å². The minimum Gasteiger partial charge on any atom is -0.370 e. The Balaban J connectivity index is 3.08. The van der Waals surface area contributed by atoms with Crippen LogP contribution in [-0.4, -0.2) is 242 Å². The van der Waals surface area contributed by atoms with Crippen LogP contribution in [0.25, 0.3) is 0 Å². The van der Waals surface area contributed by atoms with Gasteiger partial charge >= 0.3 is 0 Å². The molecule has 41 heteroatoms. The number of aldehydes is 1. The lowest BCUT2D eigenvalue weighted by atomic mass is 9.93. The fourth-order valence-electron chi connectivity index (χ4n) is 11.6. The molecule has 41 nitrogen and oxygen atoms in total. The molecule has 1 rings (SSSR count). The zero-order chi connectivity index (χ0) is 91.6. The lowest BCUT2D eigenvalue weighted by Gasteiger charge is -2.36. The van der Waals surface area contributed by atoms with Gasteiger partial charge in [0.2, 0.25) is 118 Å². The summed E-state index contributed by atoms with van der Waals surface area (Å²) in [7, 11) is 0. The van der Waals surface area contributed by atoms with E-state index < -0.39 is 237 Å². The summed E-state index contributed by atoms with van der Waals surface area (Å²) in [6.45, 7) is 35.3. The highest BCUT2D eigenvalue weighted by atomic mass is 16.2. The standard InChI is InChI=1S/C77H132N20O21/c1-26-77(25,69(117)88-46(29-31-52(78)100)59(107)86-50(37-98)40(6)7)96-68(116)75(21,22)95-61(109)48(34-38(2)3)85-63(111)51-28-27-33-97(51)70(118)76(23,24)92-58(106)44(11)83-56(104)42(9)81-55(103)41(8)82-57(105)43(10)84-65(113)73(17,18)93-60(108)47(30-32-53(79)101)87-67(115)74(19,20)94-62(110)49(35-39(4)5)89-66(114)72(15,16)91-54(102)36-80-64(112)71(13,14)90-45(12)99/h37-44,46-51H,26-36H2,1-25H3,(H2,78,100)(H2,79,101)(H,80,112)(H,81,103)(H,82,105)(H,83,104)(H,84,113)(H,85,111)(H,86,107)(H,87,115)(H,88,117)(H,89,114)(H,90,99)(H,91,102)(H,92,106)(H,93,108)(H,94,110)(H,95,109)(H,96,116). The van der Waals surface area contributed by atoms with E-state index in [0.717, 1.165) is 0 Å². The van der Waals surface area contributed by atoms with E-state index in [2.05, 4.69) is 90.4 Å². The summed E-state index contributed by atoms with van der Waals surface area (Å²) in [5.74, 6) is -17.1. The first kappa shape index (κ1) is 105. The highest BCUT2D eigenvalue weighted by Crippen LogP contribution is 2.24. The molecule has 118 heavy (non-hydrogen) atoms. The van der Waals surface area contributed by atoms with Gasteiger partial charge in [0.05, 0.1) is 12.6 Å². The minimum absolute atomic E-state index is 0.0299. The second-order valence-electron chi connectivity index (χ2n) is 34.6. The quantitative estimate of drug-likeness (QED) is 0.0256. The molecule has 11 unspecified atom stereocenters. The van der Waals surface area contributed by atoms with Gasteiger partial charge in [0.1, 0.15) is 99.4 Å². The van der Waals surface area contributed by atoms with Gasteiger partial charge in [0.15, 0.2) is 0 Å². The maximum Gasteiger partial charge on any atom is 0.248 e. The molecule has 0 spiro atoms. The van der Waals surface area contributed by atoms with Gasteiger partial charge in [-0.2, -0.15) is 0 Å². The number of nitrogens with two attached hydrogens (primary N) is 2. The van der Waals surface area contributed by atoms with E-state index in [1.54, 1.807) is 48.5 Å². The SMILES string of the molecule is CCC(C)(NC(=O)C(C)(C)NC(=O)C(CC(C)C)NC(=O)C1CCCN1C(=O)C(C)(C)NC(=O)C(C)NC(=O)C(C)NC(=O)C(C)NC(=O)C(C)NC(=O)C(C)(C)NC(=O)C(CCC(N)=O)NC(=O)C(C)(C)NC(=O)C(CC(C)C)NC(=O)C(C)(C)NC(=O)CNC(=O)C(C)(C)NC(C)=O)C(=O)NC(CCC(N)=O)C(=O)NC(C=O)C(C)C. The summed E-state index contributed by atoms with van der Waals surface area (Å²) in [6.07, 6.45) is -0.300. The fraction of sp³-hybridized carbons (Fsp3) is 0.727. The normalized spacial score (nSPS) is 16.0. The Morgan fingerprint density at radius 2 is 0.763 bits per heavy atom. The number of carbonyl (C=O) groups excluding carboxylic acids is 21. The maximum absolute atomic E-state index is 14.3. The molecular formula is C77H132N20O21. The van der Waals surface area contributed by atoms with Gasteiger partial charge in [-0.05, 0) is 180 Å². The largest absolute Gasteiger partial charge is 0.370 e. The third-order valence-corrected chi connectivity index (χ3v) is 19.3. The minimum atomic E-state index is -1.87. The van der Waals surface area contributed by atoms with Gasteiger partial charge in [0.25, 0.3) is 0 Å². The zero-order valence-electron chi connectivity index (χ0n) is 73.0. The summed E-state index contributed by atoms with van der Waals surface area (Å²) >= 11 is 0. The molecule has 1 saturated heterocycles. The summed E-state index contributed by atoms with van der Waals surface area (Å²) in [6, 6.07) is -13.0. The van der Waals surface area contributed by atoms with Crippen molar-refractivity contribution in [3.8, 4) is 0 Å². The van der Waals surface area contributed by atoms with E-state index in [1.165, 1.54) is 130 Å². The number of carbonyl (C=O) groups is 21. The number of nitrogens with zero attached hydrogens (tertiary/aromatic N) is 1. The Hall–Kier alpha value is -10.9. The first-order chi connectivity index (χ1) is 53.8. The number of likely N-dealkylation sites (tertiary alicyclic amines) is 1. The molecule has 0 radical (unpaired) electrons. The first-order valence-corrected chi connectivity index (χ1v) is 39.4. The van der Waals surface area contributed by atoms with Crippen LogP contribution >= 0.6 is 0 Å². The molecule has 1 heterocycles. The molecule has 666 valence electrons. The van der Waals surface area contributed by atoms with E-state index >= 15 is 0 Å². The van der Waals surface area contributed by atoms with Crippen molar-refractivity contribution in [2.24, 2.45) is 29.2 Å². The first-order valence-electron chi connectivity index (χ1n) is 39.4. The fourth-order valence-corrected chi connectivity index (χ4v) is 11.6. The average molecular weight is 1670 g/mol. The lowest BCUT2D eigenvalue weighted by Crippen LogP contribution is -2.66. The molecule has 0 aromatic carbocycles. The van der Waals surface area contributed by atoms with E-state index in [-0.39, 0.29) is 62.8 Å². The molecule has 0 aliphatic carbocycles. The van der Waals surface area contributed by atoms with Gasteiger partial charge in [-0.1, -0.05) is 48.5 Å². The van der Waals surface area contributed by atoms with Crippen molar-refractivity contribution in [3.05, 3.63) is 0 Å². The Labute approximate surface area is 690 Å². The number of hydrogen-bond acceptors (Lipinski definition) is 21. The number of primary amides is 2. The molecule has 0 aromatic heterocycles. The number of hydrogen-bond donors (Lipinski definition) is 19. The van der Waals surface area contributed by atoms with Crippen molar-refractivity contribution in [1.29, 1.82) is 0 Å². The van der Waals surface area contributed by atoms with E-state index in [4.69, 9.17) is 11.5 Å². The zero-order valence-corrected chi connectivity index (χ0v) is 73.0. The third-order valence-electron chi connectivity index (χ3n) is 19.3. The molecule has 20 amide bonds. The Morgan fingerprint density at radius 3 is 1.18 bits per heavy atom. The summed E-state index contributed by atoms with van der Waals surface area (Å²) < 4.78 is 0.